The van der Waals surface area contributed by atoms with Crippen molar-refractivity contribution in [3.8, 4) is 0 Å². The number of hydrogen-bond acceptors (Lipinski definition) is 11. The lowest BCUT2D eigenvalue weighted by Crippen LogP contribution is -2.33. The molecule has 2 saturated carbocycles. The summed E-state index contributed by atoms with van der Waals surface area (Å²) in [6.45, 7) is 0. The van der Waals surface area contributed by atoms with Crippen LogP contribution in [0.3, 0.4) is 0 Å². The summed E-state index contributed by atoms with van der Waals surface area (Å²) in [7, 11) is 0. The molecule has 0 radical (unpaired) electrons. The first-order valence-corrected chi connectivity index (χ1v) is 18.0. The molecule has 0 N–H and O–H groups in total. The van der Waals surface area contributed by atoms with Crippen LogP contribution in [-0.4, -0.2) is 63.6 Å². The van der Waals surface area contributed by atoms with E-state index in [9.17, 15) is 52.7 Å². The molecule has 2 atom stereocenters. The highest BCUT2D eigenvalue weighted by molar-refractivity contribution is 5.95. The van der Waals surface area contributed by atoms with Crippen molar-refractivity contribution in [3.63, 3.8) is 0 Å². The summed E-state index contributed by atoms with van der Waals surface area (Å²) in [5.41, 5.74) is 0. The van der Waals surface area contributed by atoms with Crippen molar-refractivity contribution in [2.75, 3.05) is 0 Å². The summed E-state index contributed by atoms with van der Waals surface area (Å²) in [6, 6.07) is 0. The maximum atomic E-state index is 13.0. The number of carbonyl (C=O) groups is 11. The molecule has 0 aromatic rings. The summed E-state index contributed by atoms with van der Waals surface area (Å²) in [6.07, 6.45) is 2.69. The van der Waals surface area contributed by atoms with E-state index in [-0.39, 0.29) is 192 Å². The Morgan fingerprint density at radius 2 is 0.429 bits per heavy atom. The van der Waals surface area contributed by atoms with Crippen molar-refractivity contribution in [2.45, 2.75) is 161 Å². The average Bonchev–Trinajstić information content (AvgIpc) is 3.09. The molecule has 0 saturated heterocycles. The number of hydrogen-bond donors (Lipinski definition) is 0. The molecule has 2 rings (SSSR count). The summed E-state index contributed by atoms with van der Waals surface area (Å²) < 4.78 is 0. The molecular weight excluding hydrogens is 632 g/mol. The monoisotopic (exact) mass is 684 g/mol. The molecule has 11 nitrogen and oxygen atoms in total. The number of carbonyl (C=O) groups excluding carboxylic acids is 11. The third-order valence-corrected chi connectivity index (χ3v) is 9.58. The van der Waals surface area contributed by atoms with Gasteiger partial charge in [0.05, 0.1) is 0 Å². The molecule has 0 aromatic heterocycles. The van der Waals surface area contributed by atoms with Crippen LogP contribution >= 0.6 is 0 Å². The van der Waals surface area contributed by atoms with E-state index in [1.165, 1.54) is 0 Å². The highest BCUT2D eigenvalue weighted by Crippen LogP contribution is 2.33. The van der Waals surface area contributed by atoms with Crippen LogP contribution in [-0.2, 0) is 52.7 Å². The van der Waals surface area contributed by atoms with Gasteiger partial charge in [-0.3, -0.25) is 52.7 Å². The van der Waals surface area contributed by atoms with E-state index in [0.717, 1.165) is 12.8 Å². The fourth-order valence-corrected chi connectivity index (χ4v) is 6.35. The van der Waals surface area contributed by atoms with E-state index in [4.69, 9.17) is 0 Å². The van der Waals surface area contributed by atoms with Gasteiger partial charge < -0.3 is 0 Å². The standard InChI is InChI=1S/C38H52O11/c39-26-4-3-7-37(48)35-5-1-2-6-36(35)38(49)25-24-34(47)23-22-33(46)21-20-32(45)19-18-31(44)17-16-30(43)15-14-29(42)13-12-28(41)11-10-27(40)9-8-26/h35-36H,1-25H2. The largest absolute Gasteiger partial charge is 0.300 e. The first-order chi connectivity index (χ1) is 23.3. The molecule has 0 spiro atoms. The third kappa shape index (κ3) is 18.1. The zero-order valence-electron chi connectivity index (χ0n) is 28.8. The molecule has 0 aliphatic heterocycles. The van der Waals surface area contributed by atoms with Gasteiger partial charge in [0.25, 0.3) is 0 Å². The molecule has 2 aliphatic rings. The van der Waals surface area contributed by atoms with E-state index < -0.39 is 11.8 Å². The van der Waals surface area contributed by atoms with Crippen molar-refractivity contribution in [1.82, 2.24) is 0 Å². The second-order valence-corrected chi connectivity index (χ2v) is 13.6. The van der Waals surface area contributed by atoms with Gasteiger partial charge >= 0.3 is 0 Å². The molecule has 2 aliphatic carbocycles. The minimum absolute atomic E-state index is 0.00415. The van der Waals surface area contributed by atoms with Crippen molar-refractivity contribution < 1.29 is 52.7 Å². The van der Waals surface area contributed by atoms with Crippen LogP contribution in [0.2, 0.25) is 0 Å². The molecule has 0 amide bonds. The first-order valence-electron chi connectivity index (χ1n) is 18.0. The van der Waals surface area contributed by atoms with E-state index in [0.29, 0.717) is 19.3 Å². The lowest BCUT2D eigenvalue weighted by atomic mass is 9.73. The Hall–Kier alpha value is -3.63. The van der Waals surface area contributed by atoms with Gasteiger partial charge in [-0.2, -0.15) is 0 Å². The molecule has 0 bridgehead atoms. The van der Waals surface area contributed by atoms with Crippen LogP contribution in [0.15, 0.2) is 0 Å². The van der Waals surface area contributed by atoms with Crippen LogP contribution in [0.4, 0.5) is 0 Å². The van der Waals surface area contributed by atoms with E-state index >= 15 is 0 Å². The summed E-state index contributed by atoms with van der Waals surface area (Å²) >= 11 is 0. The number of rotatable bonds is 0. The third-order valence-electron chi connectivity index (χ3n) is 9.58. The van der Waals surface area contributed by atoms with Gasteiger partial charge in [-0.05, 0) is 19.3 Å². The number of Topliss-reactive ketones (excluding diaryl/α,β-unsaturated/α-hetero) is 11. The molecule has 0 aromatic carbocycles. The number of ketones is 11. The van der Waals surface area contributed by atoms with Crippen molar-refractivity contribution in [1.29, 1.82) is 0 Å². The minimum Gasteiger partial charge on any atom is -0.300 e. The predicted octanol–water partition coefficient (Wildman–Crippen LogP) is 5.26. The van der Waals surface area contributed by atoms with Gasteiger partial charge in [-0.15, -0.1) is 0 Å². The topological polar surface area (TPSA) is 188 Å². The fraction of sp³-hybridized carbons (Fsp3) is 0.711. The Kier molecular flexibility index (Phi) is 19.4. The average molecular weight is 685 g/mol. The van der Waals surface area contributed by atoms with Gasteiger partial charge in [0.1, 0.15) is 63.6 Å². The molecule has 2 unspecified atom stereocenters. The lowest BCUT2D eigenvalue weighted by molar-refractivity contribution is -0.135. The molecule has 11 heteroatoms. The Morgan fingerprint density at radius 1 is 0.224 bits per heavy atom. The second kappa shape index (κ2) is 22.9. The second-order valence-electron chi connectivity index (χ2n) is 13.6. The lowest BCUT2D eigenvalue weighted by Gasteiger charge is -2.29. The van der Waals surface area contributed by atoms with Crippen molar-refractivity contribution >= 4 is 63.6 Å². The molecule has 2 fully saturated rings. The Balaban J connectivity index is 1.93. The van der Waals surface area contributed by atoms with Gasteiger partial charge in [-0.1, -0.05) is 12.8 Å². The smallest absolute Gasteiger partial charge is 0.137 e. The van der Waals surface area contributed by atoms with Gasteiger partial charge in [-0.25, -0.2) is 0 Å². The van der Waals surface area contributed by atoms with Gasteiger partial charge in [0, 0.05) is 140 Å². The Labute approximate surface area is 288 Å². The summed E-state index contributed by atoms with van der Waals surface area (Å²) in [5, 5.41) is 0. The maximum Gasteiger partial charge on any atom is 0.137 e. The highest BCUT2D eigenvalue weighted by Gasteiger charge is 2.35. The van der Waals surface area contributed by atoms with E-state index in [2.05, 4.69) is 0 Å². The molecule has 0 heterocycles. The first kappa shape index (κ1) is 41.5. The van der Waals surface area contributed by atoms with E-state index in [1.807, 2.05) is 0 Å². The quantitative estimate of drug-likeness (QED) is 0.324. The predicted molar refractivity (Wildman–Crippen MR) is 177 cm³/mol. The molecular formula is C38H52O11. The zero-order valence-corrected chi connectivity index (χ0v) is 28.8. The summed E-state index contributed by atoms with van der Waals surface area (Å²) in [5.74, 6) is -3.36. The van der Waals surface area contributed by atoms with Crippen molar-refractivity contribution in [2.24, 2.45) is 11.8 Å². The van der Waals surface area contributed by atoms with Crippen LogP contribution in [0.1, 0.15) is 161 Å². The van der Waals surface area contributed by atoms with E-state index in [1.54, 1.807) is 0 Å². The van der Waals surface area contributed by atoms with Gasteiger partial charge in [0.15, 0.2) is 0 Å². The molecule has 270 valence electrons. The normalized spacial score (nSPS) is 25.2. The summed E-state index contributed by atoms with van der Waals surface area (Å²) in [4.78, 5) is 136. The maximum absolute atomic E-state index is 13.0. The Bertz CT molecular complexity index is 1270. The zero-order chi connectivity index (χ0) is 36.2. The Morgan fingerprint density at radius 3 is 0.694 bits per heavy atom. The van der Waals surface area contributed by atoms with Crippen molar-refractivity contribution in [3.05, 3.63) is 0 Å². The van der Waals surface area contributed by atoms with Crippen LogP contribution < -0.4 is 0 Å². The minimum atomic E-state index is -0.467. The van der Waals surface area contributed by atoms with Crippen LogP contribution in [0, 0.1) is 11.8 Å². The number of fused-ring (bicyclic) bond motifs is 1. The van der Waals surface area contributed by atoms with Gasteiger partial charge in [0.2, 0.25) is 0 Å². The highest BCUT2D eigenvalue weighted by atomic mass is 16.2. The molecule has 49 heavy (non-hydrogen) atoms. The van der Waals surface area contributed by atoms with Crippen LogP contribution in [0.25, 0.3) is 0 Å². The SMILES string of the molecule is O=C1CCCC(=O)C2CCCCC2C(=O)CCC(=O)CCC(=O)CCC(=O)CCC(=O)CCC(=O)CCC(=O)CCC(=O)CCC(=O)CC1. The fourth-order valence-electron chi connectivity index (χ4n) is 6.35. The van der Waals surface area contributed by atoms with Crippen LogP contribution in [0.5, 0.6) is 0 Å².